The van der Waals surface area contributed by atoms with E-state index in [4.69, 9.17) is 4.42 Å². The van der Waals surface area contributed by atoms with Gasteiger partial charge in [-0.25, -0.2) is 0 Å². The van der Waals surface area contributed by atoms with Gasteiger partial charge in [0.2, 0.25) is 0 Å². The lowest BCUT2D eigenvalue weighted by Gasteiger charge is -2.19. The SMILES string of the molecule is CC12CCC=C1c1occc1C2. The van der Waals surface area contributed by atoms with E-state index in [0.29, 0.717) is 5.41 Å². The number of allylic oxidation sites excluding steroid dienone is 2. The van der Waals surface area contributed by atoms with Crippen molar-refractivity contribution in [3.05, 3.63) is 29.7 Å². The first-order chi connectivity index (χ1) is 5.80. The van der Waals surface area contributed by atoms with Crippen LogP contribution >= 0.6 is 0 Å². The van der Waals surface area contributed by atoms with Gasteiger partial charge in [-0.2, -0.15) is 0 Å². The second kappa shape index (κ2) is 1.85. The van der Waals surface area contributed by atoms with Crippen LogP contribution in [0.15, 0.2) is 22.8 Å². The van der Waals surface area contributed by atoms with E-state index in [2.05, 4.69) is 19.1 Å². The van der Waals surface area contributed by atoms with E-state index in [1.165, 1.54) is 30.4 Å². The van der Waals surface area contributed by atoms with Crippen LogP contribution < -0.4 is 0 Å². The van der Waals surface area contributed by atoms with Crippen molar-refractivity contribution < 1.29 is 4.42 Å². The zero-order valence-electron chi connectivity index (χ0n) is 7.26. The highest BCUT2D eigenvalue weighted by Crippen LogP contribution is 2.53. The van der Waals surface area contributed by atoms with E-state index >= 15 is 0 Å². The molecule has 1 aromatic rings. The lowest BCUT2D eigenvalue weighted by molar-refractivity contribution is 0.444. The molecule has 1 atom stereocenters. The second-order valence-corrected chi connectivity index (χ2v) is 4.17. The Hall–Kier alpha value is -0.980. The fraction of sp³-hybridized carbons (Fsp3) is 0.455. The Labute approximate surface area is 72.1 Å². The monoisotopic (exact) mass is 160 g/mol. The molecule has 0 amide bonds. The third-order valence-electron chi connectivity index (χ3n) is 3.27. The summed E-state index contributed by atoms with van der Waals surface area (Å²) in [5.74, 6) is 1.16. The van der Waals surface area contributed by atoms with Crippen molar-refractivity contribution in [1.29, 1.82) is 0 Å². The summed E-state index contributed by atoms with van der Waals surface area (Å²) >= 11 is 0. The number of rotatable bonds is 0. The number of hydrogen-bond acceptors (Lipinski definition) is 1. The lowest BCUT2D eigenvalue weighted by atomic mass is 9.84. The molecule has 1 unspecified atom stereocenters. The fourth-order valence-corrected chi connectivity index (χ4v) is 2.60. The molecule has 1 heteroatoms. The molecule has 0 fully saturated rings. The van der Waals surface area contributed by atoms with Gasteiger partial charge in [0.1, 0.15) is 5.76 Å². The average Bonchev–Trinajstić information content (AvgIpc) is 2.57. The topological polar surface area (TPSA) is 13.1 Å². The zero-order valence-corrected chi connectivity index (χ0v) is 7.26. The van der Waals surface area contributed by atoms with Crippen LogP contribution in [-0.2, 0) is 6.42 Å². The first-order valence-corrected chi connectivity index (χ1v) is 4.57. The normalized spacial score (nSPS) is 31.6. The van der Waals surface area contributed by atoms with Crippen molar-refractivity contribution in [1.82, 2.24) is 0 Å². The van der Waals surface area contributed by atoms with Crippen LogP contribution in [0.5, 0.6) is 0 Å². The predicted octanol–water partition coefficient (Wildman–Crippen LogP) is 3.02. The van der Waals surface area contributed by atoms with E-state index < -0.39 is 0 Å². The molecule has 0 bridgehead atoms. The van der Waals surface area contributed by atoms with Crippen molar-refractivity contribution in [2.75, 3.05) is 0 Å². The van der Waals surface area contributed by atoms with Gasteiger partial charge >= 0.3 is 0 Å². The van der Waals surface area contributed by atoms with Crippen molar-refractivity contribution in [2.45, 2.75) is 26.2 Å². The van der Waals surface area contributed by atoms with Gasteiger partial charge in [-0.3, -0.25) is 0 Å². The summed E-state index contributed by atoms with van der Waals surface area (Å²) in [7, 11) is 0. The number of furan rings is 1. The first-order valence-electron chi connectivity index (χ1n) is 4.57. The molecule has 12 heavy (non-hydrogen) atoms. The smallest absolute Gasteiger partial charge is 0.133 e. The minimum Gasteiger partial charge on any atom is -0.464 e. The molecule has 0 saturated carbocycles. The Kier molecular flexibility index (Phi) is 1.00. The first kappa shape index (κ1) is 6.53. The molecule has 2 aliphatic carbocycles. The molecule has 0 spiro atoms. The molecular weight excluding hydrogens is 148 g/mol. The summed E-state index contributed by atoms with van der Waals surface area (Å²) in [6, 6.07) is 2.11. The van der Waals surface area contributed by atoms with Crippen LogP contribution in [0.4, 0.5) is 0 Å². The van der Waals surface area contributed by atoms with E-state index in [1.807, 2.05) is 6.26 Å². The summed E-state index contributed by atoms with van der Waals surface area (Å²) in [4.78, 5) is 0. The fourth-order valence-electron chi connectivity index (χ4n) is 2.60. The highest BCUT2D eigenvalue weighted by Gasteiger charge is 2.41. The van der Waals surface area contributed by atoms with Gasteiger partial charge in [0.15, 0.2) is 0 Å². The largest absolute Gasteiger partial charge is 0.464 e. The van der Waals surface area contributed by atoms with Gasteiger partial charge in [0.05, 0.1) is 6.26 Å². The van der Waals surface area contributed by atoms with Crippen LogP contribution in [0, 0.1) is 5.41 Å². The summed E-state index contributed by atoms with van der Waals surface area (Å²) in [6.07, 6.45) is 7.86. The maximum Gasteiger partial charge on any atom is 0.133 e. The molecular formula is C11H12O. The van der Waals surface area contributed by atoms with E-state index in [-0.39, 0.29) is 0 Å². The van der Waals surface area contributed by atoms with E-state index in [1.54, 1.807) is 0 Å². The standard InChI is InChI=1S/C11H12O/c1-11-5-2-3-9(11)10-8(7-11)4-6-12-10/h3-4,6H,2,5,7H2,1H3. The van der Waals surface area contributed by atoms with Gasteiger partial charge in [0, 0.05) is 5.41 Å². The van der Waals surface area contributed by atoms with Gasteiger partial charge in [-0.15, -0.1) is 0 Å². The van der Waals surface area contributed by atoms with Crippen LogP contribution in [0.1, 0.15) is 31.1 Å². The second-order valence-electron chi connectivity index (χ2n) is 4.17. The Balaban J connectivity index is 2.23. The Morgan fingerprint density at radius 2 is 2.42 bits per heavy atom. The zero-order chi connectivity index (χ0) is 8.18. The molecule has 0 saturated heterocycles. The van der Waals surface area contributed by atoms with Gasteiger partial charge in [-0.1, -0.05) is 13.0 Å². The van der Waals surface area contributed by atoms with E-state index in [0.717, 1.165) is 5.76 Å². The Morgan fingerprint density at radius 3 is 3.33 bits per heavy atom. The minimum atomic E-state index is 0.412. The summed E-state index contributed by atoms with van der Waals surface area (Å²) in [5.41, 5.74) is 3.28. The Bertz CT molecular complexity index is 359. The van der Waals surface area contributed by atoms with Crippen molar-refractivity contribution in [2.24, 2.45) is 5.41 Å². The lowest BCUT2D eigenvalue weighted by Crippen LogP contribution is -2.10. The van der Waals surface area contributed by atoms with Crippen LogP contribution in [0.25, 0.3) is 5.57 Å². The summed E-state index contributed by atoms with van der Waals surface area (Å²) < 4.78 is 5.49. The Morgan fingerprint density at radius 1 is 1.50 bits per heavy atom. The van der Waals surface area contributed by atoms with Gasteiger partial charge in [-0.05, 0) is 36.5 Å². The molecule has 1 nitrogen and oxygen atoms in total. The number of fused-ring (bicyclic) bond motifs is 3. The third kappa shape index (κ3) is 0.603. The molecule has 0 radical (unpaired) electrons. The molecule has 62 valence electrons. The molecule has 0 aliphatic heterocycles. The van der Waals surface area contributed by atoms with Gasteiger partial charge < -0.3 is 4.42 Å². The highest BCUT2D eigenvalue weighted by atomic mass is 16.3. The van der Waals surface area contributed by atoms with Gasteiger partial charge in [0.25, 0.3) is 0 Å². The molecule has 0 aromatic carbocycles. The minimum absolute atomic E-state index is 0.412. The molecule has 1 heterocycles. The van der Waals surface area contributed by atoms with Crippen molar-refractivity contribution >= 4 is 5.57 Å². The summed E-state index contributed by atoms with van der Waals surface area (Å²) in [5, 5.41) is 0. The molecule has 2 aliphatic rings. The maximum absolute atomic E-state index is 5.49. The molecule has 3 rings (SSSR count). The van der Waals surface area contributed by atoms with Crippen LogP contribution in [0.2, 0.25) is 0 Å². The maximum atomic E-state index is 5.49. The molecule has 0 N–H and O–H groups in total. The third-order valence-corrected chi connectivity index (χ3v) is 3.27. The predicted molar refractivity (Wildman–Crippen MR) is 47.7 cm³/mol. The average molecular weight is 160 g/mol. The quantitative estimate of drug-likeness (QED) is 0.568. The van der Waals surface area contributed by atoms with Crippen LogP contribution in [0.3, 0.4) is 0 Å². The summed E-state index contributed by atoms with van der Waals surface area (Å²) in [6.45, 7) is 2.35. The number of hydrogen-bond donors (Lipinski definition) is 0. The van der Waals surface area contributed by atoms with Crippen molar-refractivity contribution in [3.8, 4) is 0 Å². The molecule has 1 aromatic heterocycles. The van der Waals surface area contributed by atoms with E-state index in [9.17, 15) is 0 Å². The van der Waals surface area contributed by atoms with Crippen molar-refractivity contribution in [3.63, 3.8) is 0 Å². The van der Waals surface area contributed by atoms with Crippen LogP contribution in [-0.4, -0.2) is 0 Å². The highest BCUT2D eigenvalue weighted by molar-refractivity contribution is 5.75.